The number of H-pyrrole nitrogens is 2. The molecule has 2 rings (SSSR count). The lowest BCUT2D eigenvalue weighted by atomic mass is 10.0. The fourth-order valence-corrected chi connectivity index (χ4v) is 4.69. The van der Waals surface area contributed by atoms with E-state index in [4.69, 9.17) is 34.8 Å². The quantitative estimate of drug-likeness (QED) is 0.0361. The highest BCUT2D eigenvalue weighted by Gasteiger charge is 2.30. The summed E-state index contributed by atoms with van der Waals surface area (Å²) in [5.74, 6) is -2.47. The minimum Gasteiger partial charge on any atom is -0.370 e. The number of imidazole rings is 1. The number of guanidine groups is 1. The fourth-order valence-electron chi connectivity index (χ4n) is 4.50. The lowest BCUT2D eigenvalue weighted by molar-refractivity contribution is -0.133. The van der Waals surface area contributed by atoms with Crippen molar-refractivity contribution in [3.8, 4) is 0 Å². The van der Waals surface area contributed by atoms with Crippen molar-refractivity contribution in [2.75, 3.05) is 20.1 Å². The van der Waals surface area contributed by atoms with Crippen LogP contribution in [-0.2, 0) is 32.0 Å². The van der Waals surface area contributed by atoms with Gasteiger partial charge in [-0.05, 0) is 63.5 Å². The Bertz CT molecular complexity index is 1280. The Kier molecular flexibility index (Phi) is 15.6. The van der Waals surface area contributed by atoms with E-state index in [2.05, 4.69) is 36.6 Å². The maximum absolute atomic E-state index is 13.7. The van der Waals surface area contributed by atoms with E-state index in [1.807, 2.05) is 30.3 Å². The van der Waals surface area contributed by atoms with E-state index in [0.29, 0.717) is 49.2 Å². The van der Waals surface area contributed by atoms with Crippen molar-refractivity contribution >= 4 is 41.8 Å². The summed E-state index contributed by atoms with van der Waals surface area (Å²) in [5.41, 5.74) is 17.9. The third-order valence-corrected chi connectivity index (χ3v) is 7.10. The highest BCUT2D eigenvalue weighted by molar-refractivity contribution is 7.71. The van der Waals surface area contributed by atoms with Crippen molar-refractivity contribution in [2.24, 2.45) is 17.2 Å². The van der Waals surface area contributed by atoms with Crippen LogP contribution in [0, 0.1) is 10.2 Å². The first-order valence-electron chi connectivity index (χ1n) is 14.5. The molecule has 242 valence electrons. The van der Waals surface area contributed by atoms with Crippen LogP contribution in [0.5, 0.6) is 0 Å². The van der Waals surface area contributed by atoms with Gasteiger partial charge in [0, 0.05) is 31.3 Å². The van der Waals surface area contributed by atoms with E-state index in [1.165, 1.54) is 0 Å². The van der Waals surface area contributed by atoms with Gasteiger partial charge in [-0.3, -0.25) is 24.6 Å². The second-order valence-electron chi connectivity index (χ2n) is 10.4. The van der Waals surface area contributed by atoms with Crippen LogP contribution in [0.25, 0.3) is 0 Å². The minimum atomic E-state index is -1.07. The molecular weight excluding hydrogens is 586 g/mol. The molecule has 1 unspecified atom stereocenters. The normalized spacial score (nSPS) is 13.6. The van der Waals surface area contributed by atoms with Crippen LogP contribution >= 0.6 is 12.2 Å². The van der Waals surface area contributed by atoms with Gasteiger partial charge in [0.25, 0.3) is 0 Å². The van der Waals surface area contributed by atoms with Gasteiger partial charge in [0.1, 0.15) is 18.1 Å². The topological polar surface area (TPSA) is 262 Å². The molecule has 16 heteroatoms. The lowest BCUT2D eigenvalue weighted by Crippen LogP contribution is -2.58. The molecule has 0 fully saturated rings. The fraction of sp³-hybridized carbons (Fsp3) is 0.500. The van der Waals surface area contributed by atoms with Crippen LogP contribution in [0.2, 0.25) is 0 Å². The van der Waals surface area contributed by atoms with Crippen LogP contribution < -0.4 is 43.8 Å². The molecule has 0 aliphatic rings. The van der Waals surface area contributed by atoms with E-state index >= 15 is 0 Å². The molecule has 15 nitrogen and oxygen atoms in total. The number of aromatic amines is 2. The molecule has 4 amide bonds. The summed E-state index contributed by atoms with van der Waals surface area (Å²) in [5, 5.41) is 21.1. The van der Waals surface area contributed by atoms with Gasteiger partial charge in [-0.25, -0.2) is 0 Å². The van der Waals surface area contributed by atoms with Crippen LogP contribution in [-0.4, -0.2) is 83.9 Å². The van der Waals surface area contributed by atoms with Crippen molar-refractivity contribution < 1.29 is 19.2 Å². The highest BCUT2D eigenvalue weighted by atomic mass is 32.1. The van der Waals surface area contributed by atoms with Gasteiger partial charge in [-0.1, -0.05) is 30.3 Å². The molecule has 44 heavy (non-hydrogen) atoms. The Morgan fingerprint density at radius 2 is 1.48 bits per heavy atom. The predicted octanol–water partition coefficient (Wildman–Crippen LogP) is -1.22. The summed E-state index contributed by atoms with van der Waals surface area (Å²) in [6, 6.07) is 5.39. The van der Waals surface area contributed by atoms with Gasteiger partial charge < -0.3 is 53.8 Å². The smallest absolute Gasteiger partial charge is 0.243 e. The molecule has 0 radical (unpaired) electrons. The summed E-state index contributed by atoms with van der Waals surface area (Å²) in [6.45, 7) is 0.805. The Balaban J connectivity index is 2.21. The van der Waals surface area contributed by atoms with Crippen molar-refractivity contribution in [3.63, 3.8) is 0 Å². The summed E-state index contributed by atoms with van der Waals surface area (Å²) in [4.78, 5) is 58.3. The van der Waals surface area contributed by atoms with Crippen LogP contribution in [0.1, 0.15) is 43.4 Å². The molecule has 2 aromatic rings. The van der Waals surface area contributed by atoms with Crippen molar-refractivity contribution in [1.82, 2.24) is 36.6 Å². The number of nitrogens with one attached hydrogen (secondary N) is 8. The third-order valence-electron chi connectivity index (χ3n) is 6.88. The maximum atomic E-state index is 13.7. The number of rotatable bonds is 20. The zero-order valence-corrected chi connectivity index (χ0v) is 25.7. The van der Waals surface area contributed by atoms with E-state index in [9.17, 15) is 19.2 Å². The molecule has 1 aromatic heterocycles. The first-order valence-corrected chi connectivity index (χ1v) is 14.9. The van der Waals surface area contributed by atoms with E-state index < -0.39 is 47.8 Å². The molecule has 14 N–H and O–H groups in total. The SMILES string of the molecule is CNC(CCCNC(=N)N)C(=O)N[C@@H](Cc1c[nH]c(=S)[nH]1)C(=O)N[C@@H](CCCCN)C(=O)N[C@@H](Cc1ccccc1)C(N)=O. The standard InChI is InChI=1S/C28H45N11O4S/c1-33-19(11-7-13-34-27(31)32)24(41)39-22(15-18-16-35-28(44)36-18)26(43)37-20(10-5-6-12-29)25(42)38-21(23(30)40)14-17-8-3-2-4-9-17/h2-4,8-9,16,19-22,33H,5-7,10-15,29H2,1H3,(H2,30,40)(H,37,43)(H,38,42)(H,39,41)(H4,31,32,34)(H2,35,36,44)/t19?,20-,21-,22-/m0/s1. The maximum Gasteiger partial charge on any atom is 0.243 e. The molecule has 0 saturated carbocycles. The Labute approximate surface area is 261 Å². The van der Waals surface area contributed by atoms with Gasteiger partial charge in [0.2, 0.25) is 23.6 Å². The molecule has 0 spiro atoms. The monoisotopic (exact) mass is 631 g/mol. The summed E-state index contributed by atoms with van der Waals surface area (Å²) < 4.78 is 0.353. The zero-order chi connectivity index (χ0) is 32.5. The van der Waals surface area contributed by atoms with Gasteiger partial charge in [-0.2, -0.15) is 0 Å². The highest BCUT2D eigenvalue weighted by Crippen LogP contribution is 2.08. The summed E-state index contributed by atoms with van der Waals surface area (Å²) in [6.07, 6.45) is 4.19. The number of hydrogen-bond acceptors (Lipinski definition) is 8. The lowest BCUT2D eigenvalue weighted by Gasteiger charge is -2.26. The van der Waals surface area contributed by atoms with E-state index in [-0.39, 0.29) is 25.2 Å². The zero-order valence-electron chi connectivity index (χ0n) is 24.9. The molecule has 0 saturated heterocycles. The second kappa shape index (κ2) is 19.1. The molecular formula is C28H45N11O4S. The van der Waals surface area contributed by atoms with E-state index in [1.54, 1.807) is 13.2 Å². The van der Waals surface area contributed by atoms with Crippen LogP contribution in [0.3, 0.4) is 0 Å². The van der Waals surface area contributed by atoms with Crippen LogP contribution in [0.15, 0.2) is 36.5 Å². The van der Waals surface area contributed by atoms with Gasteiger partial charge in [0.15, 0.2) is 10.7 Å². The number of carbonyl (C=O) groups excluding carboxylic acids is 4. The first kappa shape index (κ1) is 35.9. The number of likely N-dealkylation sites (N-methyl/N-ethyl adjacent to an activating group) is 1. The van der Waals surface area contributed by atoms with Crippen molar-refractivity contribution in [3.05, 3.63) is 52.6 Å². The molecule has 1 aromatic carbocycles. The van der Waals surface area contributed by atoms with Gasteiger partial charge >= 0.3 is 0 Å². The summed E-state index contributed by atoms with van der Waals surface area (Å²) in [7, 11) is 1.63. The molecule has 4 atom stereocenters. The molecule has 0 aliphatic heterocycles. The predicted molar refractivity (Wildman–Crippen MR) is 170 cm³/mol. The van der Waals surface area contributed by atoms with Gasteiger partial charge in [-0.15, -0.1) is 0 Å². The number of benzene rings is 1. The van der Waals surface area contributed by atoms with E-state index in [0.717, 1.165) is 5.56 Å². The van der Waals surface area contributed by atoms with Crippen molar-refractivity contribution in [2.45, 2.75) is 69.1 Å². The largest absolute Gasteiger partial charge is 0.370 e. The average Bonchev–Trinajstić information content (AvgIpc) is 3.40. The molecule has 1 heterocycles. The third kappa shape index (κ3) is 12.9. The van der Waals surface area contributed by atoms with Crippen molar-refractivity contribution in [1.29, 1.82) is 5.41 Å². The first-order chi connectivity index (χ1) is 21.0. The second-order valence-corrected chi connectivity index (χ2v) is 10.8. The number of hydrogen-bond donors (Lipinski definition) is 11. The number of unbranched alkanes of at least 4 members (excludes halogenated alkanes) is 1. The van der Waals surface area contributed by atoms with Gasteiger partial charge in [0.05, 0.1) is 6.04 Å². The number of aromatic nitrogens is 2. The Hall–Kier alpha value is -4.28. The molecule has 0 aliphatic carbocycles. The number of nitrogens with two attached hydrogens (primary N) is 3. The van der Waals surface area contributed by atoms with Crippen LogP contribution in [0.4, 0.5) is 0 Å². The summed E-state index contributed by atoms with van der Waals surface area (Å²) >= 11 is 5.11. The number of primary amides is 1. The Morgan fingerprint density at radius 1 is 0.864 bits per heavy atom. The average molecular weight is 632 g/mol. The number of amides is 4. The minimum absolute atomic E-state index is 0.0576. The number of carbonyl (C=O) groups is 4. The molecule has 0 bridgehead atoms. The Morgan fingerprint density at radius 3 is 2.07 bits per heavy atom.